The monoisotopic (exact) mass is 231 g/mol. The predicted octanol–water partition coefficient (Wildman–Crippen LogP) is 0.790. The maximum Gasteiger partial charge on any atom is 0.0897 e. The van der Waals surface area contributed by atoms with E-state index in [1.807, 2.05) is 0 Å². The van der Waals surface area contributed by atoms with Crippen LogP contribution in [-0.2, 0) is 9.47 Å². The fourth-order valence-corrected chi connectivity index (χ4v) is 1.61. The average Bonchev–Trinajstić information content (AvgIpc) is 3.08. The maximum absolute atomic E-state index is 9.54. The van der Waals surface area contributed by atoms with E-state index in [4.69, 9.17) is 9.47 Å². The molecule has 0 saturated heterocycles. The van der Waals surface area contributed by atoms with Crippen LogP contribution < -0.4 is 5.32 Å². The standard InChI is InChI=1S/C12H25NO3/c1-15-7-8-16-10-12(14)9-13-6-2-3-11-4-5-11/h11-14H,2-10H2,1H3. The Labute approximate surface area is 98.3 Å². The second kappa shape index (κ2) is 8.93. The normalized spacial score (nSPS) is 17.6. The van der Waals surface area contributed by atoms with Crippen LogP contribution in [0.2, 0.25) is 0 Å². The first-order chi connectivity index (χ1) is 7.83. The van der Waals surface area contributed by atoms with Crippen LogP contribution >= 0.6 is 0 Å². The Morgan fingerprint density at radius 2 is 2.19 bits per heavy atom. The van der Waals surface area contributed by atoms with Crippen molar-refractivity contribution in [2.45, 2.75) is 31.8 Å². The van der Waals surface area contributed by atoms with Crippen LogP contribution in [0.15, 0.2) is 0 Å². The van der Waals surface area contributed by atoms with Gasteiger partial charge < -0.3 is 19.9 Å². The summed E-state index contributed by atoms with van der Waals surface area (Å²) in [5, 5.41) is 12.8. The molecule has 0 aliphatic heterocycles. The van der Waals surface area contributed by atoms with Crippen molar-refractivity contribution in [3.05, 3.63) is 0 Å². The highest BCUT2D eigenvalue weighted by molar-refractivity contribution is 4.73. The molecule has 96 valence electrons. The minimum Gasteiger partial charge on any atom is -0.389 e. The fourth-order valence-electron chi connectivity index (χ4n) is 1.61. The Morgan fingerprint density at radius 3 is 2.88 bits per heavy atom. The average molecular weight is 231 g/mol. The number of rotatable bonds is 11. The van der Waals surface area contributed by atoms with Crippen LogP contribution in [0.4, 0.5) is 0 Å². The zero-order valence-corrected chi connectivity index (χ0v) is 10.3. The summed E-state index contributed by atoms with van der Waals surface area (Å²) in [5.41, 5.74) is 0. The third-order valence-electron chi connectivity index (χ3n) is 2.78. The molecule has 0 heterocycles. The van der Waals surface area contributed by atoms with Gasteiger partial charge in [0.25, 0.3) is 0 Å². The molecule has 4 nitrogen and oxygen atoms in total. The summed E-state index contributed by atoms with van der Waals surface area (Å²) in [6.45, 7) is 3.15. The van der Waals surface area contributed by atoms with E-state index in [-0.39, 0.29) is 0 Å². The van der Waals surface area contributed by atoms with Crippen LogP contribution in [0.5, 0.6) is 0 Å². The topological polar surface area (TPSA) is 50.7 Å². The van der Waals surface area contributed by atoms with Gasteiger partial charge in [-0.25, -0.2) is 0 Å². The first-order valence-electron chi connectivity index (χ1n) is 6.28. The first kappa shape index (κ1) is 13.9. The van der Waals surface area contributed by atoms with Gasteiger partial charge in [0, 0.05) is 13.7 Å². The van der Waals surface area contributed by atoms with E-state index in [0.29, 0.717) is 26.4 Å². The minimum absolute atomic E-state index is 0.388. The molecule has 0 aromatic heterocycles. The third-order valence-corrected chi connectivity index (χ3v) is 2.78. The second-order valence-corrected chi connectivity index (χ2v) is 4.51. The third kappa shape index (κ3) is 8.05. The summed E-state index contributed by atoms with van der Waals surface area (Å²) >= 11 is 0. The van der Waals surface area contributed by atoms with E-state index >= 15 is 0 Å². The van der Waals surface area contributed by atoms with E-state index in [9.17, 15) is 5.11 Å². The molecule has 2 N–H and O–H groups in total. The second-order valence-electron chi connectivity index (χ2n) is 4.51. The number of nitrogens with one attached hydrogen (secondary N) is 1. The summed E-state index contributed by atoms with van der Waals surface area (Å²) in [6.07, 6.45) is 5.01. The summed E-state index contributed by atoms with van der Waals surface area (Å²) in [7, 11) is 1.64. The van der Waals surface area contributed by atoms with Gasteiger partial charge in [-0.05, 0) is 25.3 Å². The molecule has 1 unspecified atom stereocenters. The van der Waals surface area contributed by atoms with Crippen molar-refractivity contribution in [2.24, 2.45) is 5.92 Å². The van der Waals surface area contributed by atoms with Gasteiger partial charge in [-0.1, -0.05) is 12.8 Å². The molecule has 1 aliphatic carbocycles. The Kier molecular flexibility index (Phi) is 7.76. The highest BCUT2D eigenvalue weighted by Gasteiger charge is 2.19. The molecule has 0 bridgehead atoms. The molecule has 4 heteroatoms. The number of ether oxygens (including phenoxy) is 2. The molecule has 1 atom stereocenters. The van der Waals surface area contributed by atoms with Crippen molar-refractivity contribution in [1.29, 1.82) is 0 Å². The van der Waals surface area contributed by atoms with Crippen molar-refractivity contribution >= 4 is 0 Å². The lowest BCUT2D eigenvalue weighted by atomic mass is 10.2. The van der Waals surface area contributed by atoms with E-state index < -0.39 is 6.10 Å². The molecule has 1 fully saturated rings. The van der Waals surface area contributed by atoms with Gasteiger partial charge in [-0.3, -0.25) is 0 Å². The van der Waals surface area contributed by atoms with Gasteiger partial charge in [0.15, 0.2) is 0 Å². The van der Waals surface area contributed by atoms with Crippen molar-refractivity contribution < 1.29 is 14.6 Å². The molecule has 16 heavy (non-hydrogen) atoms. The van der Waals surface area contributed by atoms with E-state index in [2.05, 4.69) is 5.32 Å². The number of aliphatic hydroxyl groups excluding tert-OH is 1. The fraction of sp³-hybridized carbons (Fsp3) is 1.00. The van der Waals surface area contributed by atoms with Gasteiger partial charge in [-0.2, -0.15) is 0 Å². The molecule has 1 aliphatic rings. The van der Waals surface area contributed by atoms with Crippen molar-refractivity contribution in [2.75, 3.05) is 40.0 Å². The van der Waals surface area contributed by atoms with Crippen LogP contribution in [0.25, 0.3) is 0 Å². The number of methoxy groups -OCH3 is 1. The minimum atomic E-state index is -0.405. The zero-order valence-electron chi connectivity index (χ0n) is 10.3. The summed E-state index contributed by atoms with van der Waals surface area (Å²) < 4.78 is 10.1. The molecule has 0 spiro atoms. The lowest BCUT2D eigenvalue weighted by Crippen LogP contribution is -2.31. The molecule has 0 aromatic rings. The zero-order chi connectivity index (χ0) is 11.6. The van der Waals surface area contributed by atoms with E-state index in [1.165, 1.54) is 25.7 Å². The SMILES string of the molecule is COCCOCC(O)CNCCCC1CC1. The van der Waals surface area contributed by atoms with E-state index in [1.54, 1.807) is 7.11 Å². The van der Waals surface area contributed by atoms with Gasteiger partial charge in [-0.15, -0.1) is 0 Å². The molecule has 0 amide bonds. The predicted molar refractivity (Wildman–Crippen MR) is 63.5 cm³/mol. The Balaban J connectivity index is 1.75. The number of aliphatic hydroxyl groups is 1. The quantitative estimate of drug-likeness (QED) is 0.516. The van der Waals surface area contributed by atoms with Crippen LogP contribution in [0, 0.1) is 5.92 Å². The first-order valence-corrected chi connectivity index (χ1v) is 6.28. The molecular weight excluding hydrogens is 206 g/mol. The maximum atomic E-state index is 9.54. The van der Waals surface area contributed by atoms with Crippen LogP contribution in [0.3, 0.4) is 0 Å². The van der Waals surface area contributed by atoms with Gasteiger partial charge >= 0.3 is 0 Å². The van der Waals surface area contributed by atoms with Crippen molar-refractivity contribution in [3.63, 3.8) is 0 Å². The smallest absolute Gasteiger partial charge is 0.0897 e. The van der Waals surface area contributed by atoms with E-state index in [0.717, 1.165) is 12.5 Å². The van der Waals surface area contributed by atoms with Crippen molar-refractivity contribution in [3.8, 4) is 0 Å². The summed E-state index contributed by atoms with van der Waals surface area (Å²) in [4.78, 5) is 0. The molecule has 0 radical (unpaired) electrons. The number of hydrogen-bond acceptors (Lipinski definition) is 4. The lowest BCUT2D eigenvalue weighted by molar-refractivity contribution is 0.0138. The Hall–Kier alpha value is -0.160. The highest BCUT2D eigenvalue weighted by Crippen LogP contribution is 2.33. The molecular formula is C12H25NO3. The van der Waals surface area contributed by atoms with Gasteiger partial charge in [0.2, 0.25) is 0 Å². The van der Waals surface area contributed by atoms with Crippen LogP contribution in [-0.4, -0.2) is 51.2 Å². The molecule has 1 rings (SSSR count). The largest absolute Gasteiger partial charge is 0.389 e. The van der Waals surface area contributed by atoms with Gasteiger partial charge in [0.05, 0.1) is 25.9 Å². The van der Waals surface area contributed by atoms with Crippen LogP contribution in [0.1, 0.15) is 25.7 Å². The van der Waals surface area contributed by atoms with Crippen molar-refractivity contribution in [1.82, 2.24) is 5.32 Å². The summed E-state index contributed by atoms with van der Waals surface area (Å²) in [5.74, 6) is 1.00. The lowest BCUT2D eigenvalue weighted by Gasteiger charge is -2.12. The Bertz CT molecular complexity index is 162. The summed E-state index contributed by atoms with van der Waals surface area (Å²) in [6, 6.07) is 0. The number of hydrogen-bond donors (Lipinski definition) is 2. The highest BCUT2D eigenvalue weighted by atomic mass is 16.5. The Morgan fingerprint density at radius 1 is 1.38 bits per heavy atom. The van der Waals surface area contributed by atoms with Gasteiger partial charge in [0.1, 0.15) is 0 Å². The molecule has 0 aromatic carbocycles. The molecule has 1 saturated carbocycles.